The SMILES string of the molecule is CC(O)C(NC(=O)C1CCCN1)C(=O)NC(CC(=O)O)C(=O)NC(CC(N)=O)C(=O)O. The standard InChI is InChI=1S/C17H27N5O9/c1-7(23)13(22-14(27)8-3-2-4-19-8)16(29)20-9(6-12(25)26)15(28)21-10(17(30)31)5-11(18)24/h7-10,13,19,23H,2-6H2,1H3,(H2,18,24)(H,20,29)(H,21,28)(H,22,27)(H,25,26)(H,30,31). The highest BCUT2D eigenvalue weighted by Gasteiger charge is 2.34. The molecule has 1 aliphatic heterocycles. The van der Waals surface area contributed by atoms with Crippen LogP contribution >= 0.6 is 0 Å². The maximum atomic E-state index is 12.6. The van der Waals surface area contributed by atoms with E-state index < -0.39 is 78.7 Å². The molecule has 0 aromatic rings. The van der Waals surface area contributed by atoms with Crippen molar-refractivity contribution >= 4 is 35.6 Å². The first-order chi connectivity index (χ1) is 14.4. The predicted molar refractivity (Wildman–Crippen MR) is 102 cm³/mol. The molecule has 1 rings (SSSR count). The zero-order valence-electron chi connectivity index (χ0n) is 16.8. The van der Waals surface area contributed by atoms with Crippen LogP contribution in [0.25, 0.3) is 0 Å². The number of primary amides is 1. The van der Waals surface area contributed by atoms with Gasteiger partial charge >= 0.3 is 11.9 Å². The second-order valence-electron chi connectivity index (χ2n) is 7.10. The lowest BCUT2D eigenvalue weighted by Crippen LogP contribution is -2.60. The molecule has 0 saturated carbocycles. The highest BCUT2D eigenvalue weighted by atomic mass is 16.4. The van der Waals surface area contributed by atoms with Crippen molar-refractivity contribution in [1.29, 1.82) is 0 Å². The molecule has 174 valence electrons. The van der Waals surface area contributed by atoms with Gasteiger partial charge in [-0.05, 0) is 26.3 Å². The molecule has 0 bridgehead atoms. The van der Waals surface area contributed by atoms with Crippen molar-refractivity contribution in [2.45, 2.75) is 62.9 Å². The number of aliphatic hydroxyl groups is 1. The van der Waals surface area contributed by atoms with E-state index in [1.165, 1.54) is 6.92 Å². The molecule has 0 spiro atoms. The van der Waals surface area contributed by atoms with Gasteiger partial charge in [0.25, 0.3) is 0 Å². The summed E-state index contributed by atoms with van der Waals surface area (Å²) in [5.74, 6) is -6.91. The van der Waals surface area contributed by atoms with Crippen LogP contribution in [-0.4, -0.2) is 87.7 Å². The van der Waals surface area contributed by atoms with Crippen LogP contribution in [0, 0.1) is 0 Å². The fourth-order valence-electron chi connectivity index (χ4n) is 2.89. The first-order valence-corrected chi connectivity index (χ1v) is 9.47. The topological polar surface area (TPSA) is 237 Å². The van der Waals surface area contributed by atoms with E-state index in [4.69, 9.17) is 15.9 Å². The molecule has 1 aliphatic rings. The third kappa shape index (κ3) is 8.55. The summed E-state index contributed by atoms with van der Waals surface area (Å²) in [6.07, 6.45) is -1.79. The van der Waals surface area contributed by atoms with E-state index >= 15 is 0 Å². The first kappa shape index (κ1) is 25.8. The largest absolute Gasteiger partial charge is 0.481 e. The van der Waals surface area contributed by atoms with E-state index in [-0.39, 0.29) is 0 Å². The second-order valence-corrected chi connectivity index (χ2v) is 7.10. The zero-order valence-corrected chi connectivity index (χ0v) is 16.8. The van der Waals surface area contributed by atoms with E-state index in [0.717, 1.165) is 6.42 Å². The number of rotatable bonds is 12. The van der Waals surface area contributed by atoms with Crippen molar-refractivity contribution < 1.29 is 44.1 Å². The quantitative estimate of drug-likeness (QED) is 0.145. The number of aliphatic hydroxyl groups excluding tert-OH is 1. The third-order valence-corrected chi connectivity index (χ3v) is 4.47. The summed E-state index contributed by atoms with van der Waals surface area (Å²) in [5, 5.41) is 37.2. The van der Waals surface area contributed by atoms with Crippen LogP contribution < -0.4 is 27.0 Å². The van der Waals surface area contributed by atoms with Crippen LogP contribution in [0.4, 0.5) is 0 Å². The van der Waals surface area contributed by atoms with E-state index in [2.05, 4.69) is 16.0 Å². The third-order valence-electron chi connectivity index (χ3n) is 4.47. The van der Waals surface area contributed by atoms with E-state index in [0.29, 0.717) is 13.0 Å². The molecule has 9 N–H and O–H groups in total. The summed E-state index contributed by atoms with van der Waals surface area (Å²) in [6.45, 7) is 1.83. The van der Waals surface area contributed by atoms with E-state index in [1.807, 2.05) is 5.32 Å². The number of nitrogens with two attached hydrogens (primary N) is 1. The maximum Gasteiger partial charge on any atom is 0.326 e. The average Bonchev–Trinajstić information content (AvgIpc) is 3.18. The van der Waals surface area contributed by atoms with Crippen molar-refractivity contribution in [2.75, 3.05) is 6.54 Å². The predicted octanol–water partition coefficient (Wildman–Crippen LogP) is -3.99. The van der Waals surface area contributed by atoms with Crippen LogP contribution in [0.2, 0.25) is 0 Å². The van der Waals surface area contributed by atoms with Crippen molar-refractivity contribution in [2.24, 2.45) is 5.73 Å². The Kier molecular flexibility index (Phi) is 9.82. The smallest absolute Gasteiger partial charge is 0.326 e. The highest BCUT2D eigenvalue weighted by molar-refractivity contribution is 5.96. The monoisotopic (exact) mass is 445 g/mol. The zero-order chi connectivity index (χ0) is 23.7. The number of hydrogen-bond acceptors (Lipinski definition) is 8. The van der Waals surface area contributed by atoms with Gasteiger partial charge in [0.15, 0.2) is 0 Å². The van der Waals surface area contributed by atoms with Gasteiger partial charge in [-0.25, -0.2) is 4.79 Å². The summed E-state index contributed by atoms with van der Waals surface area (Å²) >= 11 is 0. The fourth-order valence-corrected chi connectivity index (χ4v) is 2.89. The molecule has 14 heteroatoms. The average molecular weight is 445 g/mol. The summed E-state index contributed by atoms with van der Waals surface area (Å²) in [7, 11) is 0. The van der Waals surface area contributed by atoms with Crippen LogP contribution in [0.5, 0.6) is 0 Å². The Bertz CT molecular complexity index is 721. The van der Waals surface area contributed by atoms with Crippen LogP contribution in [0.3, 0.4) is 0 Å². The molecule has 1 fully saturated rings. The molecule has 0 aromatic heterocycles. The Morgan fingerprint density at radius 1 is 1.00 bits per heavy atom. The van der Waals surface area contributed by atoms with Gasteiger partial charge in [-0.15, -0.1) is 0 Å². The lowest BCUT2D eigenvalue weighted by atomic mass is 10.1. The number of carbonyl (C=O) groups is 6. The van der Waals surface area contributed by atoms with Gasteiger partial charge in [0.2, 0.25) is 23.6 Å². The number of hydrogen-bond donors (Lipinski definition) is 8. The van der Waals surface area contributed by atoms with E-state index in [1.54, 1.807) is 0 Å². The van der Waals surface area contributed by atoms with Gasteiger partial charge < -0.3 is 42.3 Å². The van der Waals surface area contributed by atoms with Gasteiger partial charge in [0.05, 0.1) is 25.0 Å². The first-order valence-electron chi connectivity index (χ1n) is 9.47. The van der Waals surface area contributed by atoms with Crippen molar-refractivity contribution in [3.63, 3.8) is 0 Å². The van der Waals surface area contributed by atoms with E-state index in [9.17, 15) is 33.9 Å². The molecular formula is C17H27N5O9. The Hall–Kier alpha value is -3.26. The number of amides is 4. The second kappa shape index (κ2) is 11.8. The molecule has 1 heterocycles. The van der Waals surface area contributed by atoms with Crippen molar-refractivity contribution in [1.82, 2.24) is 21.3 Å². The number of carboxylic acids is 2. The molecule has 1 saturated heterocycles. The number of aliphatic carboxylic acids is 2. The molecule has 31 heavy (non-hydrogen) atoms. The molecule has 0 aromatic carbocycles. The molecular weight excluding hydrogens is 418 g/mol. The highest BCUT2D eigenvalue weighted by Crippen LogP contribution is 2.06. The molecule has 4 amide bonds. The lowest BCUT2D eigenvalue weighted by molar-refractivity contribution is -0.145. The Morgan fingerprint density at radius 3 is 2.06 bits per heavy atom. The van der Waals surface area contributed by atoms with Gasteiger partial charge in [0, 0.05) is 0 Å². The molecule has 0 aliphatic carbocycles. The van der Waals surface area contributed by atoms with Crippen LogP contribution in [0.1, 0.15) is 32.6 Å². The summed E-state index contributed by atoms with van der Waals surface area (Å²) in [4.78, 5) is 70.4. The number of carbonyl (C=O) groups excluding carboxylic acids is 4. The van der Waals surface area contributed by atoms with Crippen LogP contribution in [0.15, 0.2) is 0 Å². The van der Waals surface area contributed by atoms with Crippen molar-refractivity contribution in [3.05, 3.63) is 0 Å². The van der Waals surface area contributed by atoms with Crippen molar-refractivity contribution in [3.8, 4) is 0 Å². The minimum atomic E-state index is -1.75. The lowest BCUT2D eigenvalue weighted by Gasteiger charge is -2.25. The summed E-state index contributed by atoms with van der Waals surface area (Å²) < 4.78 is 0. The Morgan fingerprint density at radius 2 is 1.61 bits per heavy atom. The minimum absolute atomic E-state index is 0.528. The number of nitrogens with one attached hydrogen (secondary N) is 4. The maximum absolute atomic E-state index is 12.6. The van der Waals surface area contributed by atoms with Gasteiger partial charge in [0.1, 0.15) is 18.1 Å². The van der Waals surface area contributed by atoms with Gasteiger partial charge in [-0.2, -0.15) is 0 Å². The summed E-state index contributed by atoms with van der Waals surface area (Å²) in [5.41, 5.74) is 4.92. The molecule has 14 nitrogen and oxygen atoms in total. The number of carboxylic acid groups (broad SMARTS) is 2. The molecule has 5 unspecified atom stereocenters. The fraction of sp³-hybridized carbons (Fsp3) is 0.647. The van der Waals surface area contributed by atoms with Gasteiger partial charge in [-0.3, -0.25) is 24.0 Å². The molecule has 0 radical (unpaired) electrons. The normalized spacial score (nSPS) is 19.4. The molecule has 5 atom stereocenters. The minimum Gasteiger partial charge on any atom is -0.481 e. The Labute approximate surface area is 176 Å². The summed E-state index contributed by atoms with van der Waals surface area (Å²) in [6, 6.07) is -5.54. The van der Waals surface area contributed by atoms with Gasteiger partial charge in [-0.1, -0.05) is 0 Å². The Balaban J connectivity index is 2.90. The van der Waals surface area contributed by atoms with Crippen LogP contribution in [-0.2, 0) is 28.8 Å².